The highest BCUT2D eigenvalue weighted by Gasteiger charge is 2.35. The van der Waals surface area contributed by atoms with Crippen molar-refractivity contribution in [2.24, 2.45) is 0 Å². The zero-order chi connectivity index (χ0) is 26.5. The summed E-state index contributed by atoms with van der Waals surface area (Å²) in [6, 6.07) is 23.0. The van der Waals surface area contributed by atoms with Crippen LogP contribution in [-0.2, 0) is 11.3 Å². The summed E-state index contributed by atoms with van der Waals surface area (Å²) in [5.74, 6) is -0.209. The summed E-state index contributed by atoms with van der Waals surface area (Å²) in [7, 11) is 0. The third kappa shape index (κ3) is 6.56. The summed E-state index contributed by atoms with van der Waals surface area (Å²) in [5.41, 5.74) is 3.74. The van der Waals surface area contributed by atoms with Crippen molar-refractivity contribution in [1.82, 2.24) is 9.80 Å². The topological polar surface area (TPSA) is 90.3 Å². The first-order valence-electron chi connectivity index (χ1n) is 12.5. The Kier molecular flexibility index (Phi) is 8.26. The minimum absolute atomic E-state index is 0.0253. The number of aliphatic carboxylic acids is 1. The Balaban J connectivity index is 1.57. The lowest BCUT2D eigenvalue weighted by Gasteiger charge is -2.47. The standard InChI is InChI=1S/C30H34N2O5/c1-20-17-32(21(2)16-31(20)18-23-7-4-12-28(13-23)37-19-29(35)36)30(26-10-6-11-27(34)15-26)25-9-5-8-24(14-25)22(3)33/h4-15,20-21,30,34H,16-19H2,1-3H3,(H,35,36)/t20-,21+,30?/m1/s1. The number of rotatable bonds is 9. The quantitative estimate of drug-likeness (QED) is 0.409. The lowest BCUT2D eigenvalue weighted by molar-refractivity contribution is -0.139. The van der Waals surface area contributed by atoms with Crippen LogP contribution < -0.4 is 4.74 Å². The van der Waals surface area contributed by atoms with Crippen molar-refractivity contribution in [2.75, 3.05) is 19.7 Å². The van der Waals surface area contributed by atoms with Gasteiger partial charge in [0.25, 0.3) is 0 Å². The molecular weight excluding hydrogens is 468 g/mol. The number of phenolic OH excluding ortho intramolecular Hbond substituents is 1. The minimum Gasteiger partial charge on any atom is -0.508 e. The number of nitrogens with zero attached hydrogens (tertiary/aromatic N) is 2. The molecule has 2 N–H and O–H groups in total. The molecule has 3 aromatic rings. The second-order valence-electron chi connectivity index (χ2n) is 9.83. The number of Topliss-reactive ketones (excluding diaryl/α,β-unsaturated/α-hetero) is 1. The van der Waals surface area contributed by atoms with Crippen molar-refractivity contribution in [2.45, 2.75) is 45.4 Å². The average Bonchev–Trinajstić information content (AvgIpc) is 2.86. The Morgan fingerprint density at radius 3 is 2.35 bits per heavy atom. The van der Waals surface area contributed by atoms with Crippen LogP contribution in [0.15, 0.2) is 72.8 Å². The van der Waals surface area contributed by atoms with Gasteiger partial charge in [0.1, 0.15) is 11.5 Å². The van der Waals surface area contributed by atoms with E-state index in [2.05, 4.69) is 23.6 Å². The molecule has 0 aliphatic carbocycles. The Bertz CT molecular complexity index is 1260. The van der Waals surface area contributed by atoms with Crippen LogP contribution in [0.2, 0.25) is 0 Å². The van der Waals surface area contributed by atoms with Crippen LogP contribution in [-0.4, -0.2) is 63.5 Å². The van der Waals surface area contributed by atoms with E-state index in [9.17, 15) is 14.7 Å². The molecule has 1 heterocycles. The van der Waals surface area contributed by atoms with Crippen molar-refractivity contribution in [3.63, 3.8) is 0 Å². The molecule has 1 saturated heterocycles. The predicted octanol–water partition coefficient (Wildman–Crippen LogP) is 4.74. The summed E-state index contributed by atoms with van der Waals surface area (Å²) >= 11 is 0. The van der Waals surface area contributed by atoms with Crippen LogP contribution in [0.25, 0.3) is 0 Å². The summed E-state index contributed by atoms with van der Waals surface area (Å²) in [4.78, 5) is 27.8. The zero-order valence-electron chi connectivity index (χ0n) is 21.5. The number of phenols is 1. The van der Waals surface area contributed by atoms with Gasteiger partial charge in [-0.05, 0) is 67.8 Å². The van der Waals surface area contributed by atoms with Crippen LogP contribution in [0, 0.1) is 0 Å². The number of carboxylic acids is 1. The predicted molar refractivity (Wildman–Crippen MR) is 142 cm³/mol. The van der Waals surface area contributed by atoms with E-state index >= 15 is 0 Å². The summed E-state index contributed by atoms with van der Waals surface area (Å²) in [5, 5.41) is 19.1. The lowest BCUT2D eigenvalue weighted by Crippen LogP contribution is -2.56. The maximum absolute atomic E-state index is 12.1. The number of hydrogen-bond acceptors (Lipinski definition) is 6. The second kappa shape index (κ2) is 11.6. The van der Waals surface area contributed by atoms with Crippen molar-refractivity contribution < 1.29 is 24.5 Å². The fraction of sp³-hybridized carbons (Fsp3) is 0.333. The molecule has 0 radical (unpaired) electrons. The molecule has 0 amide bonds. The number of carboxylic acid groups (broad SMARTS) is 1. The smallest absolute Gasteiger partial charge is 0.341 e. The Labute approximate surface area is 217 Å². The maximum Gasteiger partial charge on any atom is 0.341 e. The number of carbonyl (C=O) groups is 2. The molecule has 4 rings (SSSR count). The SMILES string of the molecule is CC(=O)c1cccc(C(c2cccc(O)c2)N2C[C@@H](C)N(Cc3cccc(OCC(=O)O)c3)C[C@@H]2C)c1. The zero-order valence-corrected chi connectivity index (χ0v) is 21.5. The first kappa shape index (κ1) is 26.4. The van der Waals surface area contributed by atoms with Gasteiger partial charge >= 0.3 is 5.97 Å². The van der Waals surface area contributed by atoms with E-state index in [4.69, 9.17) is 9.84 Å². The van der Waals surface area contributed by atoms with Gasteiger partial charge in [-0.2, -0.15) is 0 Å². The number of ketones is 1. The molecule has 0 spiro atoms. The minimum atomic E-state index is -1.00. The summed E-state index contributed by atoms with van der Waals surface area (Å²) in [6.07, 6.45) is 0. The molecule has 194 valence electrons. The van der Waals surface area contributed by atoms with Crippen molar-refractivity contribution in [3.05, 3.63) is 95.1 Å². The van der Waals surface area contributed by atoms with Crippen LogP contribution in [0.3, 0.4) is 0 Å². The molecule has 3 atom stereocenters. The molecule has 0 saturated carbocycles. The highest BCUT2D eigenvalue weighted by molar-refractivity contribution is 5.94. The van der Waals surface area contributed by atoms with Gasteiger partial charge in [0, 0.05) is 37.3 Å². The van der Waals surface area contributed by atoms with E-state index in [1.165, 1.54) is 0 Å². The summed E-state index contributed by atoms with van der Waals surface area (Å²) in [6.45, 7) is 7.96. The number of benzene rings is 3. The molecule has 1 aliphatic heterocycles. The molecule has 7 nitrogen and oxygen atoms in total. The first-order chi connectivity index (χ1) is 17.7. The van der Waals surface area contributed by atoms with Crippen LogP contribution in [0.1, 0.15) is 53.9 Å². The number of carbonyl (C=O) groups excluding carboxylic acids is 1. The fourth-order valence-electron chi connectivity index (χ4n) is 5.12. The monoisotopic (exact) mass is 502 g/mol. The van der Waals surface area contributed by atoms with E-state index in [1.807, 2.05) is 54.6 Å². The van der Waals surface area contributed by atoms with E-state index in [-0.39, 0.29) is 36.3 Å². The number of hydrogen-bond donors (Lipinski definition) is 2. The highest BCUT2D eigenvalue weighted by Crippen LogP contribution is 2.35. The van der Waals surface area contributed by atoms with Crippen LogP contribution >= 0.6 is 0 Å². The Hall–Kier alpha value is -3.68. The third-order valence-corrected chi connectivity index (χ3v) is 6.94. The highest BCUT2D eigenvalue weighted by atomic mass is 16.5. The third-order valence-electron chi connectivity index (χ3n) is 6.94. The molecule has 1 fully saturated rings. The van der Waals surface area contributed by atoms with Crippen molar-refractivity contribution >= 4 is 11.8 Å². The fourth-order valence-corrected chi connectivity index (χ4v) is 5.12. The van der Waals surface area contributed by atoms with Crippen LogP contribution in [0.4, 0.5) is 0 Å². The van der Waals surface area contributed by atoms with E-state index in [0.717, 1.165) is 36.3 Å². The van der Waals surface area contributed by atoms with Crippen molar-refractivity contribution in [3.8, 4) is 11.5 Å². The molecule has 1 aliphatic rings. The Morgan fingerprint density at radius 1 is 0.946 bits per heavy atom. The molecule has 37 heavy (non-hydrogen) atoms. The second-order valence-corrected chi connectivity index (χ2v) is 9.83. The number of piperazine rings is 1. The van der Waals surface area contributed by atoms with Gasteiger partial charge in [-0.25, -0.2) is 4.79 Å². The van der Waals surface area contributed by atoms with E-state index < -0.39 is 5.97 Å². The van der Waals surface area contributed by atoms with Gasteiger partial charge in [0.05, 0.1) is 6.04 Å². The Morgan fingerprint density at radius 2 is 1.65 bits per heavy atom. The number of ether oxygens (including phenoxy) is 1. The molecule has 7 heteroatoms. The van der Waals surface area contributed by atoms with Gasteiger partial charge in [-0.3, -0.25) is 14.6 Å². The van der Waals surface area contributed by atoms with Crippen LogP contribution in [0.5, 0.6) is 11.5 Å². The lowest BCUT2D eigenvalue weighted by atomic mass is 9.92. The summed E-state index contributed by atoms with van der Waals surface area (Å²) < 4.78 is 5.36. The first-order valence-corrected chi connectivity index (χ1v) is 12.5. The molecule has 1 unspecified atom stereocenters. The largest absolute Gasteiger partial charge is 0.508 e. The van der Waals surface area contributed by atoms with Gasteiger partial charge < -0.3 is 14.9 Å². The van der Waals surface area contributed by atoms with Gasteiger partial charge in [0.15, 0.2) is 12.4 Å². The molecule has 0 bridgehead atoms. The van der Waals surface area contributed by atoms with E-state index in [1.54, 1.807) is 25.1 Å². The van der Waals surface area contributed by atoms with E-state index in [0.29, 0.717) is 11.3 Å². The average molecular weight is 503 g/mol. The maximum atomic E-state index is 12.1. The number of aromatic hydroxyl groups is 1. The molecule has 0 aromatic heterocycles. The van der Waals surface area contributed by atoms with Crippen molar-refractivity contribution in [1.29, 1.82) is 0 Å². The molecule has 3 aromatic carbocycles. The molecular formula is C30H34N2O5. The normalized spacial score (nSPS) is 19.3. The van der Waals surface area contributed by atoms with Gasteiger partial charge in [-0.15, -0.1) is 0 Å². The van der Waals surface area contributed by atoms with Gasteiger partial charge in [0.2, 0.25) is 0 Å². The van der Waals surface area contributed by atoms with Gasteiger partial charge in [-0.1, -0.05) is 42.5 Å².